The summed E-state index contributed by atoms with van der Waals surface area (Å²) in [5, 5.41) is 28.9. The zero-order chi connectivity index (χ0) is 18.1. The lowest BCUT2D eigenvalue weighted by Crippen LogP contribution is -2.32. The van der Waals surface area contributed by atoms with Crippen LogP contribution in [-0.4, -0.2) is 10.2 Å². The third kappa shape index (κ3) is 2.61. The average molecular weight is 348 g/mol. The Hall–Kier alpha value is -2.62. The van der Waals surface area contributed by atoms with Crippen molar-refractivity contribution in [1.29, 1.82) is 0 Å². The number of azo groups is 1. The Labute approximate surface area is 153 Å². The Morgan fingerprint density at radius 2 is 1.50 bits per heavy atom. The highest BCUT2D eigenvalue weighted by Gasteiger charge is 2.48. The maximum atomic E-state index is 9.74. The Bertz CT molecular complexity index is 847. The van der Waals surface area contributed by atoms with Gasteiger partial charge in [0.2, 0.25) is 0 Å². The van der Waals surface area contributed by atoms with Gasteiger partial charge in [0.15, 0.2) is 0 Å². The summed E-state index contributed by atoms with van der Waals surface area (Å²) in [6.07, 6.45) is 5.61. The van der Waals surface area contributed by atoms with Gasteiger partial charge in [-0.05, 0) is 72.7 Å². The third-order valence-electron chi connectivity index (χ3n) is 5.80. The van der Waals surface area contributed by atoms with Gasteiger partial charge in [0.1, 0.15) is 17.0 Å². The van der Waals surface area contributed by atoms with Crippen LogP contribution in [0, 0.1) is 5.92 Å². The highest BCUT2D eigenvalue weighted by Crippen LogP contribution is 2.54. The average Bonchev–Trinajstić information content (AvgIpc) is 3.31. The van der Waals surface area contributed by atoms with Gasteiger partial charge in [-0.15, -0.1) is 0 Å². The van der Waals surface area contributed by atoms with E-state index >= 15 is 0 Å². The standard InChI is InChI=1S/C22H24N2O2/c1-2-20-21(15-7-11-18(25)12-8-15)23-24-22(20,16-5-3-4-6-16)17-9-13-19(26)14-10-17/h7-14,16,25-26H,2-6H2,1H3. The molecule has 2 aromatic rings. The Morgan fingerprint density at radius 3 is 2.08 bits per heavy atom. The van der Waals surface area contributed by atoms with Gasteiger partial charge in [0.05, 0.1) is 5.70 Å². The molecule has 2 aliphatic rings. The first kappa shape index (κ1) is 16.8. The number of nitrogens with zero attached hydrogens (tertiary/aromatic N) is 2. The molecule has 1 unspecified atom stereocenters. The minimum absolute atomic E-state index is 0.253. The summed E-state index contributed by atoms with van der Waals surface area (Å²) in [7, 11) is 0. The number of hydrogen-bond donors (Lipinski definition) is 2. The molecular formula is C22H24N2O2. The van der Waals surface area contributed by atoms with E-state index in [1.165, 1.54) is 18.4 Å². The molecule has 1 aliphatic carbocycles. The predicted molar refractivity (Wildman–Crippen MR) is 102 cm³/mol. The van der Waals surface area contributed by atoms with Crippen LogP contribution in [0.25, 0.3) is 5.70 Å². The van der Waals surface area contributed by atoms with Gasteiger partial charge in [-0.3, -0.25) is 0 Å². The highest BCUT2D eigenvalue weighted by atomic mass is 16.3. The van der Waals surface area contributed by atoms with Crippen molar-refractivity contribution in [2.45, 2.75) is 44.6 Å². The molecule has 2 aromatic carbocycles. The fourth-order valence-electron chi connectivity index (χ4n) is 4.57. The lowest BCUT2D eigenvalue weighted by atomic mass is 9.71. The van der Waals surface area contributed by atoms with Crippen molar-refractivity contribution in [2.24, 2.45) is 16.1 Å². The maximum absolute atomic E-state index is 9.74. The predicted octanol–water partition coefficient (Wildman–Crippen LogP) is 5.77. The molecule has 0 aromatic heterocycles. The van der Waals surface area contributed by atoms with Crippen molar-refractivity contribution >= 4 is 5.70 Å². The molecule has 1 fully saturated rings. The van der Waals surface area contributed by atoms with Gasteiger partial charge in [0.25, 0.3) is 0 Å². The largest absolute Gasteiger partial charge is 0.508 e. The molecule has 134 valence electrons. The number of hydrogen-bond acceptors (Lipinski definition) is 4. The van der Waals surface area contributed by atoms with E-state index in [4.69, 9.17) is 5.11 Å². The number of benzene rings is 2. The van der Waals surface area contributed by atoms with E-state index in [0.717, 1.165) is 36.1 Å². The Kier molecular flexibility index (Phi) is 4.27. The summed E-state index contributed by atoms with van der Waals surface area (Å²) in [4.78, 5) is 0. The lowest BCUT2D eigenvalue weighted by Gasteiger charge is -2.34. The maximum Gasteiger partial charge on any atom is 0.133 e. The topological polar surface area (TPSA) is 65.2 Å². The quantitative estimate of drug-likeness (QED) is 0.736. The van der Waals surface area contributed by atoms with E-state index in [1.54, 1.807) is 24.3 Å². The Morgan fingerprint density at radius 1 is 0.923 bits per heavy atom. The van der Waals surface area contributed by atoms with Crippen molar-refractivity contribution in [3.05, 3.63) is 65.2 Å². The molecular weight excluding hydrogens is 324 g/mol. The van der Waals surface area contributed by atoms with E-state index < -0.39 is 5.54 Å². The number of aromatic hydroxyl groups is 2. The summed E-state index contributed by atoms with van der Waals surface area (Å²) in [6.45, 7) is 2.16. The molecule has 1 saturated carbocycles. The van der Waals surface area contributed by atoms with Crippen LogP contribution in [0.1, 0.15) is 50.2 Å². The van der Waals surface area contributed by atoms with E-state index in [2.05, 4.69) is 12.0 Å². The van der Waals surface area contributed by atoms with E-state index in [9.17, 15) is 10.2 Å². The van der Waals surface area contributed by atoms with Crippen LogP contribution in [0.3, 0.4) is 0 Å². The highest BCUT2D eigenvalue weighted by molar-refractivity contribution is 5.72. The summed E-state index contributed by atoms with van der Waals surface area (Å²) in [5.74, 6) is 0.953. The van der Waals surface area contributed by atoms with Crippen molar-refractivity contribution < 1.29 is 10.2 Å². The summed E-state index contributed by atoms with van der Waals surface area (Å²) < 4.78 is 0. The fraction of sp³-hybridized carbons (Fsp3) is 0.364. The van der Waals surface area contributed by atoms with Gasteiger partial charge in [0, 0.05) is 5.56 Å². The fourth-order valence-corrected chi connectivity index (χ4v) is 4.57. The number of phenols is 2. The molecule has 0 spiro atoms. The summed E-state index contributed by atoms with van der Waals surface area (Å²) >= 11 is 0. The van der Waals surface area contributed by atoms with Gasteiger partial charge < -0.3 is 10.2 Å². The molecule has 1 atom stereocenters. The summed E-state index contributed by atoms with van der Waals surface area (Å²) in [6, 6.07) is 14.7. The normalized spacial score (nSPS) is 23.1. The van der Waals surface area contributed by atoms with Crippen LogP contribution in [0.2, 0.25) is 0 Å². The molecule has 0 amide bonds. The molecule has 2 N–H and O–H groups in total. The molecule has 26 heavy (non-hydrogen) atoms. The third-order valence-corrected chi connectivity index (χ3v) is 5.80. The number of phenolic OH excluding ortho intramolecular Hbond substituents is 2. The van der Waals surface area contributed by atoms with Crippen LogP contribution in [0.5, 0.6) is 11.5 Å². The molecule has 1 heterocycles. The van der Waals surface area contributed by atoms with Crippen LogP contribution in [0.4, 0.5) is 0 Å². The van der Waals surface area contributed by atoms with Gasteiger partial charge in [-0.2, -0.15) is 10.2 Å². The molecule has 4 rings (SSSR count). The van der Waals surface area contributed by atoms with E-state index in [-0.39, 0.29) is 11.5 Å². The van der Waals surface area contributed by atoms with Gasteiger partial charge >= 0.3 is 0 Å². The molecule has 4 heteroatoms. The van der Waals surface area contributed by atoms with Crippen LogP contribution in [0.15, 0.2) is 64.3 Å². The van der Waals surface area contributed by atoms with E-state index in [1.807, 2.05) is 24.3 Å². The second kappa shape index (κ2) is 6.60. The molecule has 0 saturated heterocycles. The van der Waals surface area contributed by atoms with Crippen LogP contribution in [-0.2, 0) is 5.54 Å². The van der Waals surface area contributed by atoms with Crippen LogP contribution < -0.4 is 0 Å². The summed E-state index contributed by atoms with van der Waals surface area (Å²) in [5.41, 5.74) is 3.82. The minimum Gasteiger partial charge on any atom is -0.508 e. The number of rotatable bonds is 4. The first-order valence-electron chi connectivity index (χ1n) is 9.40. The van der Waals surface area contributed by atoms with Crippen molar-refractivity contribution in [2.75, 3.05) is 0 Å². The van der Waals surface area contributed by atoms with Crippen molar-refractivity contribution in [3.8, 4) is 11.5 Å². The zero-order valence-electron chi connectivity index (χ0n) is 15.0. The van der Waals surface area contributed by atoms with Crippen molar-refractivity contribution in [3.63, 3.8) is 0 Å². The van der Waals surface area contributed by atoms with Crippen molar-refractivity contribution in [1.82, 2.24) is 0 Å². The smallest absolute Gasteiger partial charge is 0.133 e. The monoisotopic (exact) mass is 348 g/mol. The van der Waals surface area contributed by atoms with Gasteiger partial charge in [-0.1, -0.05) is 31.9 Å². The van der Waals surface area contributed by atoms with Gasteiger partial charge in [-0.25, -0.2) is 0 Å². The van der Waals surface area contributed by atoms with E-state index in [0.29, 0.717) is 5.92 Å². The lowest BCUT2D eigenvalue weighted by molar-refractivity contribution is 0.323. The first-order chi connectivity index (χ1) is 12.6. The van der Waals surface area contributed by atoms with Crippen LogP contribution >= 0.6 is 0 Å². The Balaban J connectivity index is 1.89. The zero-order valence-corrected chi connectivity index (χ0v) is 15.0. The second-order valence-corrected chi connectivity index (χ2v) is 7.22. The molecule has 1 aliphatic heterocycles. The second-order valence-electron chi connectivity index (χ2n) is 7.22. The minimum atomic E-state index is -0.438. The molecule has 4 nitrogen and oxygen atoms in total. The molecule has 0 bridgehead atoms. The molecule has 0 radical (unpaired) electrons. The SMILES string of the molecule is CCC1=C(c2ccc(O)cc2)N=NC1(c1ccc(O)cc1)C1CCCC1. The first-order valence-corrected chi connectivity index (χ1v) is 9.40.